The molecule has 0 heterocycles. The molecule has 2 N–H and O–H groups in total. The van der Waals surface area contributed by atoms with Crippen LogP contribution in [0, 0.1) is 6.92 Å². The van der Waals surface area contributed by atoms with Gasteiger partial charge in [-0.3, -0.25) is 0 Å². The Kier molecular flexibility index (Phi) is 2.94. The fraction of sp³-hybridized carbons (Fsp3) is 0.333. The number of rotatable bonds is 3. The minimum absolute atomic E-state index is 0.230. The maximum absolute atomic E-state index is 5.65. The van der Waals surface area contributed by atoms with E-state index in [2.05, 4.69) is 0 Å². The van der Waals surface area contributed by atoms with Crippen LogP contribution in [0.2, 0.25) is 0 Å². The second-order valence-electron chi connectivity index (χ2n) is 2.59. The molecule has 1 aromatic rings. The zero-order chi connectivity index (χ0) is 8.97. The van der Waals surface area contributed by atoms with Crippen molar-refractivity contribution < 1.29 is 9.47 Å². The largest absolute Gasteiger partial charge is 0.465 e. The molecule has 0 aliphatic heterocycles. The van der Waals surface area contributed by atoms with Gasteiger partial charge in [-0.15, -0.1) is 0 Å². The van der Waals surface area contributed by atoms with Gasteiger partial charge in [0.25, 0.3) is 0 Å². The van der Waals surface area contributed by atoms with Gasteiger partial charge in [0.15, 0.2) is 6.79 Å². The Morgan fingerprint density at radius 2 is 2.17 bits per heavy atom. The predicted octanol–water partition coefficient (Wildman–Crippen LogP) is 1.56. The Bertz CT molecular complexity index is 261. The van der Waals surface area contributed by atoms with Gasteiger partial charge in [-0.25, -0.2) is 0 Å². The zero-order valence-electron chi connectivity index (χ0n) is 7.33. The average Bonchev–Trinajstić information content (AvgIpc) is 2.07. The van der Waals surface area contributed by atoms with E-state index in [1.165, 1.54) is 0 Å². The van der Waals surface area contributed by atoms with Gasteiger partial charge in [0.1, 0.15) is 5.75 Å². The Hall–Kier alpha value is -1.22. The lowest BCUT2D eigenvalue weighted by Gasteiger charge is -2.07. The maximum atomic E-state index is 5.65. The van der Waals surface area contributed by atoms with Crippen LogP contribution < -0.4 is 10.5 Å². The molecule has 12 heavy (non-hydrogen) atoms. The molecule has 66 valence electrons. The summed E-state index contributed by atoms with van der Waals surface area (Å²) in [6.45, 7) is 2.22. The molecular formula is C9H13NO2. The minimum Gasteiger partial charge on any atom is -0.465 e. The number of ether oxygens (including phenoxy) is 2. The number of aryl methyl sites for hydroxylation is 1. The first-order valence-corrected chi connectivity index (χ1v) is 3.72. The van der Waals surface area contributed by atoms with Crippen molar-refractivity contribution in [2.75, 3.05) is 19.6 Å². The van der Waals surface area contributed by atoms with Gasteiger partial charge in [-0.1, -0.05) is 6.07 Å². The van der Waals surface area contributed by atoms with E-state index in [9.17, 15) is 0 Å². The van der Waals surface area contributed by atoms with Crippen molar-refractivity contribution in [1.82, 2.24) is 0 Å². The third-order valence-electron chi connectivity index (χ3n) is 1.50. The van der Waals surface area contributed by atoms with Gasteiger partial charge in [0.2, 0.25) is 0 Å². The first-order valence-electron chi connectivity index (χ1n) is 3.72. The SMILES string of the molecule is COCOc1cc(C)ccc1N. The average molecular weight is 167 g/mol. The summed E-state index contributed by atoms with van der Waals surface area (Å²) in [5, 5.41) is 0. The minimum atomic E-state index is 0.230. The predicted molar refractivity (Wildman–Crippen MR) is 48.1 cm³/mol. The molecule has 0 aliphatic rings. The molecule has 0 aromatic heterocycles. The Morgan fingerprint density at radius 1 is 1.42 bits per heavy atom. The number of anilines is 1. The van der Waals surface area contributed by atoms with Gasteiger partial charge in [-0.05, 0) is 24.6 Å². The van der Waals surface area contributed by atoms with Gasteiger partial charge >= 0.3 is 0 Å². The summed E-state index contributed by atoms with van der Waals surface area (Å²) in [5.74, 6) is 0.678. The Labute approximate surface area is 72.1 Å². The molecule has 0 amide bonds. The highest BCUT2D eigenvalue weighted by atomic mass is 16.7. The molecule has 1 rings (SSSR count). The smallest absolute Gasteiger partial charge is 0.188 e. The van der Waals surface area contributed by atoms with Crippen molar-refractivity contribution >= 4 is 5.69 Å². The van der Waals surface area contributed by atoms with E-state index in [0.29, 0.717) is 11.4 Å². The summed E-state index contributed by atoms with van der Waals surface area (Å²) >= 11 is 0. The molecule has 3 nitrogen and oxygen atoms in total. The number of nitrogen functional groups attached to an aromatic ring is 1. The number of hydrogen-bond donors (Lipinski definition) is 1. The number of hydrogen-bond acceptors (Lipinski definition) is 3. The molecule has 0 saturated carbocycles. The van der Waals surface area contributed by atoms with E-state index in [-0.39, 0.29) is 6.79 Å². The van der Waals surface area contributed by atoms with Crippen molar-refractivity contribution in [3.05, 3.63) is 23.8 Å². The van der Waals surface area contributed by atoms with Crippen molar-refractivity contribution in [2.24, 2.45) is 0 Å². The standard InChI is InChI=1S/C9H13NO2/c1-7-3-4-8(10)9(5-7)12-6-11-2/h3-5H,6,10H2,1-2H3. The topological polar surface area (TPSA) is 44.5 Å². The van der Waals surface area contributed by atoms with E-state index in [4.69, 9.17) is 15.2 Å². The lowest BCUT2D eigenvalue weighted by atomic mass is 10.2. The molecule has 0 fully saturated rings. The van der Waals surface area contributed by atoms with Crippen LogP contribution in [0.5, 0.6) is 5.75 Å². The van der Waals surface area contributed by atoms with Crippen LogP contribution in [0.15, 0.2) is 18.2 Å². The number of nitrogens with two attached hydrogens (primary N) is 1. The van der Waals surface area contributed by atoms with Gasteiger partial charge < -0.3 is 15.2 Å². The molecular weight excluding hydrogens is 154 g/mol. The van der Waals surface area contributed by atoms with Crippen molar-refractivity contribution in [1.29, 1.82) is 0 Å². The highest BCUT2D eigenvalue weighted by Gasteiger charge is 1.98. The second kappa shape index (κ2) is 3.97. The van der Waals surface area contributed by atoms with Gasteiger partial charge in [-0.2, -0.15) is 0 Å². The number of benzene rings is 1. The Balaban J connectivity index is 2.75. The van der Waals surface area contributed by atoms with Crippen LogP contribution in [0.3, 0.4) is 0 Å². The summed E-state index contributed by atoms with van der Waals surface area (Å²) in [5.41, 5.74) is 7.41. The van der Waals surface area contributed by atoms with Crippen LogP contribution in [-0.2, 0) is 4.74 Å². The molecule has 0 atom stereocenters. The summed E-state index contributed by atoms with van der Waals surface area (Å²) in [4.78, 5) is 0. The highest BCUT2D eigenvalue weighted by molar-refractivity contribution is 5.53. The fourth-order valence-electron chi connectivity index (χ4n) is 0.889. The third-order valence-corrected chi connectivity index (χ3v) is 1.50. The molecule has 0 spiro atoms. The van der Waals surface area contributed by atoms with E-state index < -0.39 is 0 Å². The zero-order valence-corrected chi connectivity index (χ0v) is 7.33. The molecule has 0 saturated heterocycles. The normalized spacial score (nSPS) is 9.83. The van der Waals surface area contributed by atoms with E-state index in [0.717, 1.165) is 5.56 Å². The summed E-state index contributed by atoms with van der Waals surface area (Å²) < 4.78 is 9.98. The van der Waals surface area contributed by atoms with Crippen LogP contribution in [0.1, 0.15) is 5.56 Å². The lowest BCUT2D eigenvalue weighted by Crippen LogP contribution is -2.01. The molecule has 0 bridgehead atoms. The molecule has 0 unspecified atom stereocenters. The van der Waals surface area contributed by atoms with Crippen molar-refractivity contribution in [3.8, 4) is 5.75 Å². The van der Waals surface area contributed by atoms with Crippen LogP contribution in [0.25, 0.3) is 0 Å². The summed E-state index contributed by atoms with van der Waals surface area (Å²) in [6.07, 6.45) is 0. The molecule has 3 heteroatoms. The highest BCUT2D eigenvalue weighted by Crippen LogP contribution is 2.21. The molecule has 0 aliphatic carbocycles. The quantitative estimate of drug-likeness (QED) is 0.549. The first kappa shape index (κ1) is 8.87. The fourth-order valence-corrected chi connectivity index (χ4v) is 0.889. The summed E-state index contributed by atoms with van der Waals surface area (Å²) in [7, 11) is 1.58. The van der Waals surface area contributed by atoms with E-state index in [1.807, 2.05) is 25.1 Å². The lowest BCUT2D eigenvalue weighted by molar-refractivity contribution is 0.0516. The van der Waals surface area contributed by atoms with E-state index in [1.54, 1.807) is 7.11 Å². The van der Waals surface area contributed by atoms with Crippen LogP contribution in [0.4, 0.5) is 5.69 Å². The van der Waals surface area contributed by atoms with E-state index >= 15 is 0 Å². The van der Waals surface area contributed by atoms with Gasteiger partial charge in [0, 0.05) is 7.11 Å². The monoisotopic (exact) mass is 167 g/mol. The summed E-state index contributed by atoms with van der Waals surface area (Å²) in [6, 6.07) is 5.64. The first-order chi connectivity index (χ1) is 5.74. The third kappa shape index (κ3) is 2.13. The molecule has 0 radical (unpaired) electrons. The second-order valence-corrected chi connectivity index (χ2v) is 2.59. The number of methoxy groups -OCH3 is 1. The van der Waals surface area contributed by atoms with Crippen molar-refractivity contribution in [2.45, 2.75) is 6.92 Å². The Morgan fingerprint density at radius 3 is 2.83 bits per heavy atom. The maximum Gasteiger partial charge on any atom is 0.188 e. The van der Waals surface area contributed by atoms with Gasteiger partial charge in [0.05, 0.1) is 5.69 Å². The van der Waals surface area contributed by atoms with Crippen LogP contribution >= 0.6 is 0 Å². The van der Waals surface area contributed by atoms with Crippen molar-refractivity contribution in [3.63, 3.8) is 0 Å². The van der Waals surface area contributed by atoms with Crippen LogP contribution in [-0.4, -0.2) is 13.9 Å². The molecule has 1 aromatic carbocycles.